The van der Waals surface area contributed by atoms with Crippen molar-refractivity contribution in [3.63, 3.8) is 0 Å². The quantitative estimate of drug-likeness (QED) is 0.547. The van der Waals surface area contributed by atoms with Crippen molar-refractivity contribution in [2.75, 3.05) is 5.75 Å². The first kappa shape index (κ1) is 23.3. The molecule has 1 atom stereocenters. The van der Waals surface area contributed by atoms with E-state index in [9.17, 15) is 18.0 Å². The van der Waals surface area contributed by atoms with Gasteiger partial charge in [0.1, 0.15) is 5.78 Å². The second-order valence-electron chi connectivity index (χ2n) is 7.42. The molecule has 0 bridgehead atoms. The van der Waals surface area contributed by atoms with Crippen molar-refractivity contribution in [3.8, 4) is 0 Å². The molecule has 0 saturated carbocycles. The van der Waals surface area contributed by atoms with Crippen LogP contribution in [0.2, 0.25) is 0 Å². The fourth-order valence-electron chi connectivity index (χ4n) is 2.54. The summed E-state index contributed by atoms with van der Waals surface area (Å²) in [7, 11) is -2.99. The fourth-order valence-corrected chi connectivity index (χ4v) is 3.62. The van der Waals surface area contributed by atoms with Gasteiger partial charge in [-0.05, 0) is 57.7 Å². The summed E-state index contributed by atoms with van der Waals surface area (Å²) in [5, 5.41) is 2.58. The number of Topliss-reactive ketones (excluding diaryl/α,β-unsaturated/α-hetero) is 1. The van der Waals surface area contributed by atoms with Crippen molar-refractivity contribution < 1.29 is 18.0 Å². The first-order valence-corrected chi connectivity index (χ1v) is 11.5. The SMILES string of the molecule is CCC(C)NC(=O)c1ccc(CC(=O)CCCCCS(=O)(=O)C(C)C)cc1. The molecule has 0 aliphatic rings. The Morgan fingerprint density at radius 2 is 1.63 bits per heavy atom. The van der Waals surface area contributed by atoms with Crippen LogP contribution in [0, 0.1) is 0 Å². The molecule has 0 fully saturated rings. The van der Waals surface area contributed by atoms with Crippen molar-refractivity contribution in [1.29, 1.82) is 0 Å². The van der Waals surface area contributed by atoms with Gasteiger partial charge in [-0.15, -0.1) is 0 Å². The highest BCUT2D eigenvalue weighted by atomic mass is 32.2. The molecule has 0 aromatic heterocycles. The zero-order valence-electron chi connectivity index (χ0n) is 17.0. The van der Waals surface area contributed by atoms with Crippen LogP contribution in [0.25, 0.3) is 0 Å². The lowest BCUT2D eigenvalue weighted by molar-refractivity contribution is -0.118. The molecule has 152 valence electrons. The highest BCUT2D eigenvalue weighted by Gasteiger charge is 2.15. The maximum atomic E-state index is 12.1. The number of amides is 1. The third kappa shape index (κ3) is 8.69. The van der Waals surface area contributed by atoms with E-state index in [0.29, 0.717) is 31.2 Å². The van der Waals surface area contributed by atoms with E-state index < -0.39 is 9.84 Å². The highest BCUT2D eigenvalue weighted by molar-refractivity contribution is 7.91. The predicted octanol–water partition coefficient (Wildman–Crippen LogP) is 3.71. The molecule has 0 aliphatic heterocycles. The molecular weight excluding hydrogens is 362 g/mol. The molecule has 1 amide bonds. The van der Waals surface area contributed by atoms with Gasteiger partial charge in [-0.1, -0.05) is 25.5 Å². The number of hydrogen-bond acceptors (Lipinski definition) is 4. The number of ketones is 1. The van der Waals surface area contributed by atoms with Crippen LogP contribution >= 0.6 is 0 Å². The van der Waals surface area contributed by atoms with Gasteiger partial charge in [0.25, 0.3) is 5.91 Å². The van der Waals surface area contributed by atoms with Crippen molar-refractivity contribution in [1.82, 2.24) is 5.32 Å². The molecule has 1 unspecified atom stereocenters. The van der Waals surface area contributed by atoms with Crippen LogP contribution in [0.3, 0.4) is 0 Å². The van der Waals surface area contributed by atoms with Gasteiger partial charge in [-0.3, -0.25) is 9.59 Å². The van der Waals surface area contributed by atoms with Crippen molar-refractivity contribution in [3.05, 3.63) is 35.4 Å². The molecule has 27 heavy (non-hydrogen) atoms. The summed E-state index contributed by atoms with van der Waals surface area (Å²) in [5.41, 5.74) is 1.49. The topological polar surface area (TPSA) is 80.3 Å². The number of carbonyl (C=O) groups excluding carboxylic acids is 2. The minimum atomic E-state index is -2.99. The summed E-state index contributed by atoms with van der Waals surface area (Å²) in [5.74, 6) is 0.232. The van der Waals surface area contributed by atoms with E-state index in [4.69, 9.17) is 0 Å². The van der Waals surface area contributed by atoms with Crippen LogP contribution in [-0.2, 0) is 21.1 Å². The Hall–Kier alpha value is -1.69. The van der Waals surface area contributed by atoms with E-state index in [2.05, 4.69) is 5.32 Å². The largest absolute Gasteiger partial charge is 0.350 e. The standard InChI is InChI=1S/C21H33NO4S/c1-5-17(4)22-21(24)19-12-10-18(11-13-19)15-20(23)9-7-6-8-14-27(25,26)16(2)3/h10-13,16-17H,5-9,14-15H2,1-4H3,(H,22,24). The molecule has 1 aromatic carbocycles. The lowest BCUT2D eigenvalue weighted by atomic mass is 10.0. The summed E-state index contributed by atoms with van der Waals surface area (Å²) in [4.78, 5) is 24.1. The Morgan fingerprint density at radius 3 is 2.19 bits per heavy atom. The van der Waals surface area contributed by atoms with Gasteiger partial charge in [0, 0.05) is 24.4 Å². The number of sulfone groups is 1. The average molecular weight is 396 g/mol. The fraction of sp³-hybridized carbons (Fsp3) is 0.619. The lowest BCUT2D eigenvalue weighted by Gasteiger charge is -2.11. The van der Waals surface area contributed by atoms with Gasteiger partial charge in [0.05, 0.1) is 11.0 Å². The molecule has 6 heteroatoms. The summed E-state index contributed by atoms with van der Waals surface area (Å²) in [6, 6.07) is 7.26. The number of hydrogen-bond donors (Lipinski definition) is 1. The Morgan fingerprint density at radius 1 is 1.00 bits per heavy atom. The van der Waals surface area contributed by atoms with Crippen molar-refractivity contribution in [2.45, 2.75) is 77.5 Å². The molecule has 0 radical (unpaired) electrons. The molecular formula is C21H33NO4S. The highest BCUT2D eigenvalue weighted by Crippen LogP contribution is 2.11. The van der Waals surface area contributed by atoms with Crippen LogP contribution in [0.5, 0.6) is 0 Å². The molecule has 1 N–H and O–H groups in total. The summed E-state index contributed by atoms with van der Waals surface area (Å²) >= 11 is 0. The van der Waals surface area contributed by atoms with Gasteiger partial charge in [-0.2, -0.15) is 0 Å². The van der Waals surface area contributed by atoms with Gasteiger partial charge in [-0.25, -0.2) is 8.42 Å². The minimum absolute atomic E-state index is 0.0985. The molecule has 0 spiro atoms. The van der Waals surface area contributed by atoms with E-state index in [1.807, 2.05) is 26.0 Å². The number of unbranched alkanes of at least 4 members (excludes halogenated alkanes) is 2. The predicted molar refractivity (Wildman–Crippen MR) is 110 cm³/mol. The van der Waals surface area contributed by atoms with Gasteiger partial charge in [0.15, 0.2) is 9.84 Å². The van der Waals surface area contributed by atoms with Crippen LogP contribution in [0.15, 0.2) is 24.3 Å². The van der Waals surface area contributed by atoms with Crippen molar-refractivity contribution >= 4 is 21.5 Å². The second-order valence-corrected chi connectivity index (χ2v) is 10.1. The van der Waals surface area contributed by atoms with Gasteiger partial charge < -0.3 is 5.32 Å². The van der Waals surface area contributed by atoms with E-state index in [1.54, 1.807) is 26.0 Å². The molecule has 0 aliphatic carbocycles. The number of rotatable bonds is 12. The van der Waals surface area contributed by atoms with Crippen LogP contribution in [0.4, 0.5) is 0 Å². The summed E-state index contributed by atoms with van der Waals surface area (Å²) in [6.45, 7) is 7.36. The second kappa shape index (κ2) is 11.2. The van der Waals surface area contributed by atoms with Gasteiger partial charge in [0.2, 0.25) is 0 Å². The molecule has 5 nitrogen and oxygen atoms in total. The van der Waals surface area contributed by atoms with Crippen molar-refractivity contribution in [2.24, 2.45) is 0 Å². The van der Waals surface area contributed by atoms with Crippen LogP contribution in [0.1, 0.15) is 75.7 Å². The first-order valence-electron chi connectivity index (χ1n) is 9.78. The minimum Gasteiger partial charge on any atom is -0.350 e. The lowest BCUT2D eigenvalue weighted by Crippen LogP contribution is -2.31. The van der Waals surface area contributed by atoms with E-state index in [0.717, 1.165) is 18.4 Å². The maximum Gasteiger partial charge on any atom is 0.251 e. The average Bonchev–Trinajstić information content (AvgIpc) is 2.61. The number of carbonyl (C=O) groups is 2. The number of nitrogens with one attached hydrogen (secondary N) is 1. The third-order valence-electron chi connectivity index (χ3n) is 4.71. The monoisotopic (exact) mass is 395 g/mol. The third-order valence-corrected chi connectivity index (χ3v) is 7.00. The Balaban J connectivity index is 2.35. The maximum absolute atomic E-state index is 12.1. The van der Waals surface area contributed by atoms with Crippen LogP contribution < -0.4 is 5.32 Å². The van der Waals surface area contributed by atoms with E-state index in [1.165, 1.54) is 0 Å². The van der Waals surface area contributed by atoms with Gasteiger partial charge >= 0.3 is 0 Å². The normalized spacial score (nSPS) is 12.8. The molecule has 0 heterocycles. The molecule has 1 aromatic rings. The number of benzene rings is 1. The Kier molecular flexibility index (Phi) is 9.70. The van der Waals surface area contributed by atoms with Crippen LogP contribution in [-0.4, -0.2) is 37.2 Å². The zero-order valence-corrected chi connectivity index (χ0v) is 17.8. The Labute approximate surface area is 163 Å². The van der Waals surface area contributed by atoms with E-state index in [-0.39, 0.29) is 28.7 Å². The summed E-state index contributed by atoms with van der Waals surface area (Å²) in [6.07, 6.45) is 3.74. The van der Waals surface area contributed by atoms with E-state index >= 15 is 0 Å². The first-order chi connectivity index (χ1) is 12.7. The molecule has 1 rings (SSSR count). The Bertz CT molecular complexity index is 708. The molecule has 0 saturated heterocycles. The zero-order chi connectivity index (χ0) is 20.4. The summed E-state index contributed by atoms with van der Waals surface area (Å²) < 4.78 is 23.4. The smallest absolute Gasteiger partial charge is 0.251 e.